The summed E-state index contributed by atoms with van der Waals surface area (Å²) in [6.45, 7) is 6.10. The minimum Gasteiger partial charge on any atom is -0.315 e. The van der Waals surface area contributed by atoms with E-state index in [1.807, 2.05) is 0 Å². The van der Waals surface area contributed by atoms with Crippen LogP contribution in [0.4, 0.5) is 0 Å². The number of nitrogens with zero attached hydrogens (tertiary/aromatic N) is 1. The zero-order valence-corrected chi connectivity index (χ0v) is 10.2. The fourth-order valence-corrected chi connectivity index (χ4v) is 3.27. The average Bonchev–Trinajstić information content (AvgIpc) is 2.80. The van der Waals surface area contributed by atoms with Crippen molar-refractivity contribution in [2.45, 2.75) is 64.0 Å². The summed E-state index contributed by atoms with van der Waals surface area (Å²) in [6.07, 6.45) is 9.94. The Labute approximate surface area is 94.4 Å². The Balaban J connectivity index is 1.90. The van der Waals surface area contributed by atoms with Crippen LogP contribution in [0.5, 0.6) is 0 Å². The van der Waals surface area contributed by atoms with Crippen molar-refractivity contribution in [3.63, 3.8) is 0 Å². The summed E-state index contributed by atoms with van der Waals surface area (Å²) >= 11 is 0. The molecule has 0 radical (unpaired) electrons. The minimum absolute atomic E-state index is 0.835. The van der Waals surface area contributed by atoms with E-state index in [0.29, 0.717) is 0 Å². The molecule has 0 spiro atoms. The van der Waals surface area contributed by atoms with E-state index in [2.05, 4.69) is 17.1 Å². The Kier molecular flexibility index (Phi) is 4.45. The van der Waals surface area contributed by atoms with Gasteiger partial charge in [-0.2, -0.15) is 0 Å². The highest BCUT2D eigenvalue weighted by Gasteiger charge is 2.28. The van der Waals surface area contributed by atoms with Crippen LogP contribution in [-0.4, -0.2) is 36.6 Å². The third-order valence-corrected chi connectivity index (χ3v) is 4.02. The molecule has 1 aliphatic heterocycles. The Bertz CT molecular complexity index is 169. The number of hydrogen-bond donors (Lipinski definition) is 1. The number of piperidine rings is 1. The zero-order chi connectivity index (χ0) is 10.5. The maximum absolute atomic E-state index is 3.56. The number of hydrogen-bond acceptors (Lipinski definition) is 2. The molecule has 1 heterocycles. The molecule has 1 N–H and O–H groups in total. The number of rotatable bonds is 4. The standard InChI is InChI=1S/C13H26N2/c1-2-10-15(12-6-3-4-7-12)13-8-5-9-14-11-13/h12-14H,2-11H2,1H3. The molecule has 0 aromatic heterocycles. The summed E-state index contributed by atoms with van der Waals surface area (Å²) in [5.74, 6) is 0. The molecular weight excluding hydrogens is 184 g/mol. The van der Waals surface area contributed by atoms with Crippen molar-refractivity contribution in [2.24, 2.45) is 0 Å². The van der Waals surface area contributed by atoms with Gasteiger partial charge in [-0.25, -0.2) is 0 Å². The second kappa shape index (κ2) is 5.86. The molecule has 1 saturated heterocycles. The van der Waals surface area contributed by atoms with E-state index in [4.69, 9.17) is 0 Å². The van der Waals surface area contributed by atoms with E-state index in [0.717, 1.165) is 12.1 Å². The van der Waals surface area contributed by atoms with Gasteiger partial charge in [-0.3, -0.25) is 4.90 Å². The van der Waals surface area contributed by atoms with E-state index in [1.54, 1.807) is 0 Å². The molecule has 2 heteroatoms. The van der Waals surface area contributed by atoms with Crippen molar-refractivity contribution in [1.29, 1.82) is 0 Å². The van der Waals surface area contributed by atoms with Gasteiger partial charge in [0.2, 0.25) is 0 Å². The molecule has 2 fully saturated rings. The maximum Gasteiger partial charge on any atom is 0.0224 e. The lowest BCUT2D eigenvalue weighted by Crippen LogP contribution is -2.50. The van der Waals surface area contributed by atoms with Crippen LogP contribution >= 0.6 is 0 Å². The van der Waals surface area contributed by atoms with E-state index in [1.165, 1.54) is 64.6 Å². The quantitative estimate of drug-likeness (QED) is 0.766. The first kappa shape index (κ1) is 11.4. The summed E-state index contributed by atoms with van der Waals surface area (Å²) in [7, 11) is 0. The second-order valence-corrected chi connectivity index (χ2v) is 5.18. The first-order chi connectivity index (χ1) is 7.42. The van der Waals surface area contributed by atoms with Crippen LogP contribution in [0, 0.1) is 0 Å². The largest absolute Gasteiger partial charge is 0.315 e. The lowest BCUT2D eigenvalue weighted by atomic mass is 10.0. The molecule has 1 aliphatic carbocycles. The summed E-state index contributed by atoms with van der Waals surface area (Å²) in [5, 5.41) is 3.56. The number of nitrogens with one attached hydrogen (secondary N) is 1. The van der Waals surface area contributed by atoms with Gasteiger partial charge in [-0.1, -0.05) is 19.8 Å². The third kappa shape index (κ3) is 2.94. The third-order valence-electron chi connectivity index (χ3n) is 4.02. The molecule has 0 amide bonds. The van der Waals surface area contributed by atoms with Gasteiger partial charge in [-0.15, -0.1) is 0 Å². The molecule has 0 aromatic carbocycles. The Morgan fingerprint density at radius 3 is 2.40 bits per heavy atom. The van der Waals surface area contributed by atoms with Crippen molar-refractivity contribution < 1.29 is 0 Å². The molecule has 2 aliphatic rings. The predicted molar refractivity (Wildman–Crippen MR) is 65.1 cm³/mol. The highest BCUT2D eigenvalue weighted by molar-refractivity contribution is 4.85. The minimum atomic E-state index is 0.835. The van der Waals surface area contributed by atoms with Crippen molar-refractivity contribution in [3.8, 4) is 0 Å². The molecule has 15 heavy (non-hydrogen) atoms. The Morgan fingerprint density at radius 1 is 1.07 bits per heavy atom. The summed E-state index contributed by atoms with van der Waals surface area (Å²) in [6, 6.07) is 1.75. The van der Waals surface area contributed by atoms with E-state index in [-0.39, 0.29) is 0 Å². The molecule has 1 atom stereocenters. The fraction of sp³-hybridized carbons (Fsp3) is 1.00. The van der Waals surface area contributed by atoms with Gasteiger partial charge in [0.05, 0.1) is 0 Å². The molecule has 0 aromatic rings. The van der Waals surface area contributed by atoms with Crippen LogP contribution in [0.3, 0.4) is 0 Å². The zero-order valence-electron chi connectivity index (χ0n) is 10.2. The van der Waals surface area contributed by atoms with Crippen molar-refractivity contribution in [3.05, 3.63) is 0 Å². The Hall–Kier alpha value is -0.0800. The van der Waals surface area contributed by atoms with Crippen LogP contribution in [0.1, 0.15) is 51.9 Å². The van der Waals surface area contributed by atoms with Crippen molar-refractivity contribution >= 4 is 0 Å². The lowest BCUT2D eigenvalue weighted by molar-refractivity contribution is 0.114. The van der Waals surface area contributed by atoms with Gasteiger partial charge in [0, 0.05) is 18.6 Å². The first-order valence-corrected chi connectivity index (χ1v) is 6.88. The molecule has 2 rings (SSSR count). The van der Waals surface area contributed by atoms with Crippen LogP contribution in [0.25, 0.3) is 0 Å². The highest BCUT2D eigenvalue weighted by Crippen LogP contribution is 2.26. The summed E-state index contributed by atoms with van der Waals surface area (Å²) in [4.78, 5) is 2.82. The summed E-state index contributed by atoms with van der Waals surface area (Å²) in [5.41, 5.74) is 0. The normalized spacial score (nSPS) is 28.8. The maximum atomic E-state index is 3.56. The summed E-state index contributed by atoms with van der Waals surface area (Å²) < 4.78 is 0. The smallest absolute Gasteiger partial charge is 0.0224 e. The monoisotopic (exact) mass is 210 g/mol. The molecule has 2 nitrogen and oxygen atoms in total. The van der Waals surface area contributed by atoms with E-state index in [9.17, 15) is 0 Å². The second-order valence-electron chi connectivity index (χ2n) is 5.18. The first-order valence-electron chi connectivity index (χ1n) is 6.88. The van der Waals surface area contributed by atoms with E-state index < -0.39 is 0 Å². The van der Waals surface area contributed by atoms with Gasteiger partial charge < -0.3 is 5.32 Å². The van der Waals surface area contributed by atoms with Gasteiger partial charge in [0.1, 0.15) is 0 Å². The predicted octanol–water partition coefficient (Wildman–Crippen LogP) is 2.39. The van der Waals surface area contributed by atoms with Gasteiger partial charge >= 0.3 is 0 Å². The van der Waals surface area contributed by atoms with Gasteiger partial charge in [0.15, 0.2) is 0 Å². The lowest BCUT2D eigenvalue weighted by Gasteiger charge is -2.38. The molecule has 88 valence electrons. The average molecular weight is 210 g/mol. The van der Waals surface area contributed by atoms with Crippen LogP contribution in [0.15, 0.2) is 0 Å². The molecular formula is C13H26N2. The van der Waals surface area contributed by atoms with Crippen LogP contribution < -0.4 is 5.32 Å². The Morgan fingerprint density at radius 2 is 1.80 bits per heavy atom. The SMILES string of the molecule is CCCN(C1CCCC1)C1CCCNC1. The van der Waals surface area contributed by atoms with Crippen molar-refractivity contribution in [1.82, 2.24) is 10.2 Å². The fourth-order valence-electron chi connectivity index (χ4n) is 3.27. The van der Waals surface area contributed by atoms with E-state index >= 15 is 0 Å². The molecule has 0 bridgehead atoms. The molecule has 1 unspecified atom stereocenters. The van der Waals surface area contributed by atoms with Crippen LogP contribution in [-0.2, 0) is 0 Å². The van der Waals surface area contributed by atoms with Gasteiger partial charge in [0.25, 0.3) is 0 Å². The van der Waals surface area contributed by atoms with Crippen molar-refractivity contribution in [2.75, 3.05) is 19.6 Å². The molecule has 1 saturated carbocycles. The topological polar surface area (TPSA) is 15.3 Å². The van der Waals surface area contributed by atoms with Gasteiger partial charge in [-0.05, 0) is 45.2 Å². The van der Waals surface area contributed by atoms with Crippen LogP contribution in [0.2, 0.25) is 0 Å². The highest BCUT2D eigenvalue weighted by atomic mass is 15.2.